The summed E-state index contributed by atoms with van der Waals surface area (Å²) in [6.07, 6.45) is 4.94. The Morgan fingerprint density at radius 2 is 1.74 bits per heavy atom. The lowest BCUT2D eigenvalue weighted by Crippen LogP contribution is -2.50. The third-order valence-corrected chi connectivity index (χ3v) is 5.68. The molecule has 3 rings (SSSR count). The van der Waals surface area contributed by atoms with Crippen molar-refractivity contribution in [2.24, 2.45) is 23.5 Å². The molecule has 2 saturated heterocycles. The van der Waals surface area contributed by atoms with Crippen LogP contribution >= 0.6 is 0 Å². The van der Waals surface area contributed by atoms with Gasteiger partial charge >= 0.3 is 0 Å². The molecule has 3 fully saturated rings. The van der Waals surface area contributed by atoms with E-state index in [1.165, 1.54) is 0 Å². The van der Waals surface area contributed by atoms with E-state index in [4.69, 9.17) is 10.5 Å². The highest BCUT2D eigenvalue weighted by Crippen LogP contribution is 2.33. The number of nitrogens with zero attached hydrogens (tertiary/aromatic N) is 2. The Hall–Kier alpha value is -1.14. The van der Waals surface area contributed by atoms with Crippen molar-refractivity contribution in [1.29, 1.82) is 0 Å². The summed E-state index contributed by atoms with van der Waals surface area (Å²) in [5.41, 5.74) is 5.82. The van der Waals surface area contributed by atoms with E-state index in [-0.39, 0.29) is 23.7 Å². The van der Waals surface area contributed by atoms with Crippen molar-refractivity contribution in [3.63, 3.8) is 0 Å². The maximum Gasteiger partial charge on any atom is 0.227 e. The van der Waals surface area contributed by atoms with E-state index in [0.717, 1.165) is 38.6 Å². The molecule has 3 atom stereocenters. The van der Waals surface area contributed by atoms with E-state index < -0.39 is 0 Å². The zero-order valence-electron chi connectivity index (χ0n) is 13.9. The number of ether oxygens (including phenoxy) is 1. The number of nitrogens with two attached hydrogens (primary N) is 1. The van der Waals surface area contributed by atoms with Crippen molar-refractivity contribution in [3.8, 4) is 0 Å². The van der Waals surface area contributed by atoms with Gasteiger partial charge in [-0.05, 0) is 38.1 Å². The maximum absolute atomic E-state index is 12.8. The number of morpholine rings is 1. The zero-order chi connectivity index (χ0) is 16.2. The highest BCUT2D eigenvalue weighted by Gasteiger charge is 2.38. The predicted octanol–water partition coefficient (Wildman–Crippen LogP) is 0.459. The van der Waals surface area contributed by atoms with Crippen LogP contribution in [0.3, 0.4) is 0 Å². The van der Waals surface area contributed by atoms with Gasteiger partial charge < -0.3 is 20.3 Å². The highest BCUT2D eigenvalue weighted by molar-refractivity contribution is 5.82. The van der Waals surface area contributed by atoms with Crippen LogP contribution in [-0.2, 0) is 14.3 Å². The Bertz CT molecular complexity index is 437. The Balaban J connectivity index is 1.59. The third kappa shape index (κ3) is 3.69. The SMILES string of the molecule is NC[C@H]1CCC[C@H]1C(=O)N1CCCC(C(=O)N2CCOCC2)C1. The number of likely N-dealkylation sites (tertiary alicyclic amines) is 1. The van der Waals surface area contributed by atoms with Crippen LogP contribution in [0.1, 0.15) is 32.1 Å². The molecule has 2 N–H and O–H groups in total. The first-order valence-corrected chi connectivity index (χ1v) is 9.06. The second-order valence-corrected chi connectivity index (χ2v) is 7.09. The highest BCUT2D eigenvalue weighted by atomic mass is 16.5. The number of carbonyl (C=O) groups is 2. The molecule has 130 valence electrons. The molecule has 0 bridgehead atoms. The summed E-state index contributed by atoms with van der Waals surface area (Å²) >= 11 is 0. The summed E-state index contributed by atoms with van der Waals surface area (Å²) in [5, 5.41) is 0. The van der Waals surface area contributed by atoms with E-state index >= 15 is 0 Å². The van der Waals surface area contributed by atoms with Crippen LogP contribution in [0.5, 0.6) is 0 Å². The standard InChI is InChI=1S/C17H29N3O3/c18-11-13-3-1-5-15(13)17(22)20-6-2-4-14(12-20)16(21)19-7-9-23-10-8-19/h13-15H,1-12,18H2/t13-,14?,15-/m1/s1. The lowest BCUT2D eigenvalue weighted by Gasteiger charge is -2.37. The first kappa shape index (κ1) is 16.7. The molecule has 3 aliphatic rings. The van der Waals surface area contributed by atoms with Crippen molar-refractivity contribution in [2.75, 3.05) is 45.9 Å². The molecule has 0 spiro atoms. The van der Waals surface area contributed by atoms with E-state index in [1.807, 2.05) is 9.80 Å². The zero-order valence-corrected chi connectivity index (χ0v) is 13.9. The quantitative estimate of drug-likeness (QED) is 0.819. The van der Waals surface area contributed by atoms with Gasteiger partial charge in [-0.3, -0.25) is 9.59 Å². The van der Waals surface area contributed by atoms with Crippen LogP contribution in [0.15, 0.2) is 0 Å². The molecule has 23 heavy (non-hydrogen) atoms. The number of amides is 2. The summed E-state index contributed by atoms with van der Waals surface area (Å²) in [6, 6.07) is 0. The summed E-state index contributed by atoms with van der Waals surface area (Å²) < 4.78 is 5.32. The van der Waals surface area contributed by atoms with Gasteiger partial charge in [0.25, 0.3) is 0 Å². The monoisotopic (exact) mass is 323 g/mol. The third-order valence-electron chi connectivity index (χ3n) is 5.68. The molecule has 0 radical (unpaired) electrons. The summed E-state index contributed by atoms with van der Waals surface area (Å²) in [6.45, 7) is 4.59. The molecule has 2 aliphatic heterocycles. The van der Waals surface area contributed by atoms with Gasteiger partial charge in [-0.25, -0.2) is 0 Å². The fourth-order valence-corrected chi connectivity index (χ4v) is 4.30. The lowest BCUT2D eigenvalue weighted by atomic mass is 9.91. The molecule has 2 heterocycles. The first-order chi connectivity index (χ1) is 11.2. The summed E-state index contributed by atoms with van der Waals surface area (Å²) in [5.74, 6) is 0.809. The normalized spacial score (nSPS) is 32.1. The van der Waals surface area contributed by atoms with Crippen molar-refractivity contribution in [1.82, 2.24) is 9.80 Å². The number of rotatable bonds is 3. The number of hydrogen-bond donors (Lipinski definition) is 1. The van der Waals surface area contributed by atoms with Gasteiger partial charge in [-0.1, -0.05) is 6.42 Å². The molecule has 1 aliphatic carbocycles. The van der Waals surface area contributed by atoms with E-state index in [0.29, 0.717) is 45.3 Å². The van der Waals surface area contributed by atoms with Gasteiger partial charge in [0.2, 0.25) is 11.8 Å². The number of carbonyl (C=O) groups excluding carboxylic acids is 2. The number of hydrogen-bond acceptors (Lipinski definition) is 4. The van der Waals surface area contributed by atoms with Crippen LogP contribution in [0.2, 0.25) is 0 Å². The van der Waals surface area contributed by atoms with Gasteiger partial charge in [0.15, 0.2) is 0 Å². The average molecular weight is 323 g/mol. The van der Waals surface area contributed by atoms with Gasteiger partial charge in [0, 0.05) is 32.1 Å². The molecule has 1 unspecified atom stereocenters. The minimum Gasteiger partial charge on any atom is -0.378 e. The first-order valence-electron chi connectivity index (χ1n) is 9.06. The molecule has 6 heteroatoms. The summed E-state index contributed by atoms with van der Waals surface area (Å²) in [4.78, 5) is 29.4. The van der Waals surface area contributed by atoms with Gasteiger partial charge in [-0.2, -0.15) is 0 Å². The van der Waals surface area contributed by atoms with Crippen LogP contribution in [0.4, 0.5) is 0 Å². The van der Waals surface area contributed by atoms with Crippen molar-refractivity contribution in [2.45, 2.75) is 32.1 Å². The molecule has 1 saturated carbocycles. The number of piperidine rings is 1. The Kier molecular flexibility index (Phi) is 5.54. The molecule has 0 aromatic rings. The predicted molar refractivity (Wildman–Crippen MR) is 86.6 cm³/mol. The fourth-order valence-electron chi connectivity index (χ4n) is 4.30. The van der Waals surface area contributed by atoms with Gasteiger partial charge in [-0.15, -0.1) is 0 Å². The Morgan fingerprint density at radius 3 is 2.48 bits per heavy atom. The van der Waals surface area contributed by atoms with E-state index in [1.54, 1.807) is 0 Å². The Labute approximate surface area is 138 Å². The van der Waals surface area contributed by atoms with E-state index in [2.05, 4.69) is 0 Å². The smallest absolute Gasteiger partial charge is 0.227 e. The van der Waals surface area contributed by atoms with Crippen LogP contribution < -0.4 is 5.73 Å². The minimum absolute atomic E-state index is 0.0384. The summed E-state index contributed by atoms with van der Waals surface area (Å²) in [7, 11) is 0. The second-order valence-electron chi connectivity index (χ2n) is 7.09. The van der Waals surface area contributed by atoms with Crippen molar-refractivity contribution in [3.05, 3.63) is 0 Å². The van der Waals surface area contributed by atoms with Crippen LogP contribution in [0.25, 0.3) is 0 Å². The lowest BCUT2D eigenvalue weighted by molar-refractivity contribution is -0.145. The van der Waals surface area contributed by atoms with E-state index in [9.17, 15) is 9.59 Å². The largest absolute Gasteiger partial charge is 0.378 e. The molecule has 0 aromatic heterocycles. The molecular weight excluding hydrogens is 294 g/mol. The van der Waals surface area contributed by atoms with Gasteiger partial charge in [0.1, 0.15) is 0 Å². The molecule has 2 amide bonds. The van der Waals surface area contributed by atoms with Crippen molar-refractivity contribution >= 4 is 11.8 Å². The van der Waals surface area contributed by atoms with Crippen LogP contribution in [0, 0.1) is 17.8 Å². The van der Waals surface area contributed by atoms with Crippen LogP contribution in [-0.4, -0.2) is 67.6 Å². The molecule has 0 aromatic carbocycles. The fraction of sp³-hybridized carbons (Fsp3) is 0.882. The molecule has 6 nitrogen and oxygen atoms in total. The van der Waals surface area contributed by atoms with Crippen molar-refractivity contribution < 1.29 is 14.3 Å². The maximum atomic E-state index is 12.8. The average Bonchev–Trinajstić information content (AvgIpc) is 3.10. The van der Waals surface area contributed by atoms with Gasteiger partial charge in [0.05, 0.1) is 19.1 Å². The molecular formula is C17H29N3O3. The topological polar surface area (TPSA) is 75.9 Å². The minimum atomic E-state index is -0.0384. The Morgan fingerprint density at radius 1 is 0.957 bits per heavy atom. The second kappa shape index (κ2) is 7.62.